The molecule has 5 nitrogen and oxygen atoms in total. The van der Waals surface area contributed by atoms with E-state index in [1.165, 1.54) is 11.1 Å². The highest BCUT2D eigenvalue weighted by molar-refractivity contribution is 14.0. The molecule has 142 valence electrons. The Bertz CT molecular complexity index is 715. The van der Waals surface area contributed by atoms with Crippen molar-refractivity contribution in [3.8, 4) is 0 Å². The van der Waals surface area contributed by atoms with Crippen molar-refractivity contribution in [2.24, 2.45) is 4.99 Å². The molecule has 0 saturated heterocycles. The maximum atomic E-state index is 4.49. The number of fused-ring (bicyclic) bond motifs is 1. The van der Waals surface area contributed by atoms with Gasteiger partial charge in [-0.25, -0.2) is 4.98 Å². The molecule has 2 N–H and O–H groups in total. The smallest absolute Gasteiger partial charge is 0.191 e. The highest BCUT2D eigenvalue weighted by Crippen LogP contribution is 2.17. The zero-order valence-electron chi connectivity index (χ0n) is 15.5. The second-order valence-corrected chi connectivity index (χ2v) is 7.39. The lowest BCUT2D eigenvalue weighted by Gasteiger charge is -2.28. The number of aryl methyl sites for hydroxylation is 1. The summed E-state index contributed by atoms with van der Waals surface area (Å²) in [6.07, 6.45) is 2.07. The predicted molar refractivity (Wildman–Crippen MR) is 121 cm³/mol. The van der Waals surface area contributed by atoms with Gasteiger partial charge >= 0.3 is 0 Å². The minimum absolute atomic E-state index is 0. The second-order valence-electron chi connectivity index (χ2n) is 6.33. The molecule has 0 atom stereocenters. The molecule has 3 rings (SSSR count). The van der Waals surface area contributed by atoms with Crippen molar-refractivity contribution in [3.63, 3.8) is 0 Å². The van der Waals surface area contributed by atoms with Crippen LogP contribution in [0.2, 0.25) is 0 Å². The van der Waals surface area contributed by atoms with Gasteiger partial charge in [0, 0.05) is 51.6 Å². The van der Waals surface area contributed by atoms with Crippen LogP contribution < -0.4 is 10.6 Å². The first-order valence-corrected chi connectivity index (χ1v) is 9.77. The Kier molecular flexibility index (Phi) is 8.80. The molecular formula is C19H28IN5S. The Morgan fingerprint density at radius 1 is 1.23 bits per heavy atom. The second kappa shape index (κ2) is 10.8. The molecule has 1 aromatic heterocycles. The zero-order valence-corrected chi connectivity index (χ0v) is 18.6. The fourth-order valence-corrected chi connectivity index (χ4v) is 3.78. The maximum absolute atomic E-state index is 4.49. The number of guanidine groups is 1. The van der Waals surface area contributed by atoms with Crippen LogP contribution in [0.3, 0.4) is 0 Å². The first-order valence-electron chi connectivity index (χ1n) is 8.89. The minimum atomic E-state index is 0. The topological polar surface area (TPSA) is 52.6 Å². The van der Waals surface area contributed by atoms with Crippen molar-refractivity contribution >= 4 is 41.3 Å². The molecule has 0 amide bonds. The molecule has 1 aromatic carbocycles. The average molecular weight is 485 g/mol. The first-order chi connectivity index (χ1) is 12.2. The lowest BCUT2D eigenvalue weighted by Crippen LogP contribution is -2.43. The summed E-state index contributed by atoms with van der Waals surface area (Å²) in [5.41, 5.74) is 4.12. The molecule has 0 aliphatic carbocycles. The number of nitrogens with one attached hydrogen (secondary N) is 2. The van der Waals surface area contributed by atoms with E-state index in [1.807, 2.05) is 14.0 Å². The number of halogens is 1. The number of thiazole rings is 1. The van der Waals surface area contributed by atoms with E-state index in [9.17, 15) is 0 Å². The van der Waals surface area contributed by atoms with E-state index >= 15 is 0 Å². The molecule has 2 aromatic rings. The summed E-state index contributed by atoms with van der Waals surface area (Å²) in [6, 6.07) is 8.77. The lowest BCUT2D eigenvalue weighted by molar-refractivity contribution is 0.258. The van der Waals surface area contributed by atoms with Crippen molar-refractivity contribution in [1.29, 1.82) is 0 Å². The summed E-state index contributed by atoms with van der Waals surface area (Å²) >= 11 is 1.70. The summed E-state index contributed by atoms with van der Waals surface area (Å²) in [6.45, 7) is 7.00. The summed E-state index contributed by atoms with van der Waals surface area (Å²) in [5, 5.41) is 10.0. The van der Waals surface area contributed by atoms with Gasteiger partial charge in [-0.15, -0.1) is 35.3 Å². The Labute approximate surface area is 177 Å². The molecule has 2 heterocycles. The van der Waals surface area contributed by atoms with E-state index in [-0.39, 0.29) is 24.0 Å². The number of aromatic nitrogens is 1. The molecule has 0 fully saturated rings. The Hall–Kier alpha value is -1.19. The molecule has 0 spiro atoms. The van der Waals surface area contributed by atoms with Gasteiger partial charge in [0.2, 0.25) is 0 Å². The highest BCUT2D eigenvalue weighted by atomic mass is 127. The van der Waals surface area contributed by atoms with E-state index in [0.29, 0.717) is 0 Å². The van der Waals surface area contributed by atoms with Crippen LogP contribution in [0.1, 0.15) is 21.8 Å². The van der Waals surface area contributed by atoms with Gasteiger partial charge in [-0.2, -0.15) is 0 Å². The number of hydrogen-bond acceptors (Lipinski definition) is 4. The Morgan fingerprint density at radius 2 is 2.00 bits per heavy atom. The SMILES string of the molecule is CN=C(NCCc1csc(C)n1)NCCN1CCc2ccccc2C1.I. The molecule has 26 heavy (non-hydrogen) atoms. The van der Waals surface area contributed by atoms with E-state index in [4.69, 9.17) is 0 Å². The summed E-state index contributed by atoms with van der Waals surface area (Å²) in [5.74, 6) is 0.865. The molecule has 0 bridgehead atoms. The van der Waals surface area contributed by atoms with Crippen LogP contribution in [-0.4, -0.2) is 49.1 Å². The standard InChI is InChI=1S/C19H27N5S.HI/c1-15-23-18(14-25-15)7-9-21-19(20-2)22-10-12-24-11-8-16-5-3-4-6-17(16)13-24;/h3-6,14H,7-13H2,1-2H3,(H2,20,21,22);1H. The van der Waals surface area contributed by atoms with Gasteiger partial charge in [-0.05, 0) is 24.5 Å². The van der Waals surface area contributed by atoms with Crippen LogP contribution in [0.4, 0.5) is 0 Å². The van der Waals surface area contributed by atoms with E-state index in [0.717, 1.165) is 62.2 Å². The van der Waals surface area contributed by atoms with Crippen LogP contribution in [0.15, 0.2) is 34.6 Å². The normalized spacial score (nSPS) is 14.5. The lowest BCUT2D eigenvalue weighted by atomic mass is 10.00. The summed E-state index contributed by atoms with van der Waals surface area (Å²) < 4.78 is 0. The van der Waals surface area contributed by atoms with Crippen molar-refractivity contribution in [2.75, 3.05) is 33.2 Å². The van der Waals surface area contributed by atoms with E-state index < -0.39 is 0 Å². The highest BCUT2D eigenvalue weighted by Gasteiger charge is 2.14. The van der Waals surface area contributed by atoms with Gasteiger partial charge in [0.1, 0.15) is 0 Å². The van der Waals surface area contributed by atoms with Crippen molar-refractivity contribution < 1.29 is 0 Å². The van der Waals surface area contributed by atoms with Crippen LogP contribution in [0, 0.1) is 6.92 Å². The van der Waals surface area contributed by atoms with Crippen LogP contribution in [0.5, 0.6) is 0 Å². The minimum Gasteiger partial charge on any atom is -0.356 e. The molecule has 1 aliphatic heterocycles. The van der Waals surface area contributed by atoms with Crippen molar-refractivity contribution in [1.82, 2.24) is 20.5 Å². The summed E-state index contributed by atoms with van der Waals surface area (Å²) in [7, 11) is 1.82. The molecule has 7 heteroatoms. The fourth-order valence-electron chi connectivity index (χ4n) is 3.13. The molecule has 0 unspecified atom stereocenters. The van der Waals surface area contributed by atoms with Crippen LogP contribution in [0.25, 0.3) is 0 Å². The predicted octanol–water partition coefficient (Wildman–Crippen LogP) is 2.84. The molecular weight excluding hydrogens is 457 g/mol. The largest absolute Gasteiger partial charge is 0.356 e. The third-order valence-electron chi connectivity index (χ3n) is 4.49. The number of benzene rings is 1. The Balaban J connectivity index is 0.00000243. The third-order valence-corrected chi connectivity index (χ3v) is 5.32. The maximum Gasteiger partial charge on any atom is 0.191 e. The fraction of sp³-hybridized carbons (Fsp3) is 0.474. The van der Waals surface area contributed by atoms with Crippen LogP contribution in [-0.2, 0) is 19.4 Å². The van der Waals surface area contributed by atoms with Crippen molar-refractivity contribution in [2.45, 2.75) is 26.3 Å². The monoisotopic (exact) mass is 485 g/mol. The van der Waals surface area contributed by atoms with Crippen molar-refractivity contribution in [3.05, 3.63) is 51.5 Å². The van der Waals surface area contributed by atoms with E-state index in [2.05, 4.69) is 55.2 Å². The number of hydrogen-bond donors (Lipinski definition) is 2. The zero-order chi connectivity index (χ0) is 17.5. The van der Waals surface area contributed by atoms with Gasteiger partial charge < -0.3 is 10.6 Å². The number of rotatable bonds is 6. The first kappa shape index (κ1) is 21.1. The van der Waals surface area contributed by atoms with Gasteiger partial charge in [-0.1, -0.05) is 24.3 Å². The van der Waals surface area contributed by atoms with E-state index in [1.54, 1.807) is 11.3 Å². The van der Waals surface area contributed by atoms with Gasteiger partial charge in [0.05, 0.1) is 10.7 Å². The number of nitrogens with zero attached hydrogens (tertiary/aromatic N) is 3. The third kappa shape index (κ3) is 6.21. The van der Waals surface area contributed by atoms with Gasteiger partial charge in [0.15, 0.2) is 5.96 Å². The average Bonchev–Trinajstić information content (AvgIpc) is 3.05. The van der Waals surface area contributed by atoms with Crippen LogP contribution >= 0.6 is 35.3 Å². The molecule has 1 aliphatic rings. The van der Waals surface area contributed by atoms with Gasteiger partial charge in [0.25, 0.3) is 0 Å². The summed E-state index contributed by atoms with van der Waals surface area (Å²) in [4.78, 5) is 11.3. The molecule has 0 saturated carbocycles. The Morgan fingerprint density at radius 3 is 2.73 bits per heavy atom. The number of aliphatic imine (C=N–C) groups is 1. The quantitative estimate of drug-likeness (QED) is 0.376. The molecule has 0 radical (unpaired) electrons. The van der Waals surface area contributed by atoms with Gasteiger partial charge in [-0.3, -0.25) is 9.89 Å².